The van der Waals surface area contributed by atoms with E-state index in [0.29, 0.717) is 12.1 Å². The van der Waals surface area contributed by atoms with Crippen molar-refractivity contribution in [1.82, 2.24) is 10.2 Å². The van der Waals surface area contributed by atoms with Crippen molar-refractivity contribution < 1.29 is 31.1 Å². The summed E-state index contributed by atoms with van der Waals surface area (Å²) in [6, 6.07) is 10.9. The number of alkyl halides is 6. The lowest BCUT2D eigenvalue weighted by Gasteiger charge is -2.35. The molecule has 0 saturated carbocycles. The smallest absolute Gasteiger partial charge is 0.375 e. The monoisotopic (exact) mass is 432 g/mol. The van der Waals surface area contributed by atoms with Gasteiger partial charge in [-0.05, 0) is 29.3 Å². The Balaban J connectivity index is 1.76. The fourth-order valence-corrected chi connectivity index (χ4v) is 3.47. The highest BCUT2D eigenvalue weighted by atomic mass is 19.4. The summed E-state index contributed by atoms with van der Waals surface area (Å²) in [4.78, 5) is 2.19. The van der Waals surface area contributed by atoms with Crippen molar-refractivity contribution in [2.45, 2.75) is 25.0 Å². The van der Waals surface area contributed by atoms with Crippen LogP contribution in [0.15, 0.2) is 48.5 Å². The molecule has 0 spiro atoms. The molecule has 3 rings (SSSR count). The number of rotatable bonds is 6. The van der Waals surface area contributed by atoms with Crippen LogP contribution >= 0.6 is 0 Å². The summed E-state index contributed by atoms with van der Waals surface area (Å²) in [6.45, 7) is 2.94. The van der Waals surface area contributed by atoms with E-state index in [1.165, 1.54) is 0 Å². The van der Waals surface area contributed by atoms with E-state index in [9.17, 15) is 26.3 Å². The third-order valence-electron chi connectivity index (χ3n) is 4.97. The first-order chi connectivity index (χ1) is 14.1. The number of benzene rings is 2. The second kappa shape index (κ2) is 9.36. The normalized spacial score (nSPS) is 17.1. The Morgan fingerprint density at radius 1 is 0.867 bits per heavy atom. The van der Waals surface area contributed by atoms with Gasteiger partial charge < -0.3 is 10.1 Å². The first kappa shape index (κ1) is 22.6. The molecule has 1 unspecified atom stereocenters. The Morgan fingerprint density at radius 3 is 1.97 bits per heavy atom. The van der Waals surface area contributed by atoms with Crippen LogP contribution in [0.2, 0.25) is 0 Å². The molecule has 1 aliphatic heterocycles. The summed E-state index contributed by atoms with van der Waals surface area (Å²) in [5.41, 5.74) is -1.85. The zero-order valence-corrected chi connectivity index (χ0v) is 16.1. The van der Waals surface area contributed by atoms with Gasteiger partial charge in [0.05, 0.1) is 30.4 Å². The van der Waals surface area contributed by atoms with Gasteiger partial charge in [-0.2, -0.15) is 26.3 Å². The zero-order chi connectivity index (χ0) is 21.8. The molecule has 9 heteroatoms. The van der Waals surface area contributed by atoms with Gasteiger partial charge in [-0.3, -0.25) is 4.90 Å². The summed E-state index contributed by atoms with van der Waals surface area (Å²) >= 11 is 0. The predicted octanol–water partition coefficient (Wildman–Crippen LogP) is 4.89. The van der Waals surface area contributed by atoms with Crippen molar-refractivity contribution in [3.63, 3.8) is 0 Å². The Bertz CT molecular complexity index is 784. The number of ether oxygens (including phenoxy) is 1. The Labute approximate surface area is 170 Å². The van der Waals surface area contributed by atoms with Crippen LogP contribution in [0.4, 0.5) is 26.3 Å². The van der Waals surface area contributed by atoms with Crippen LogP contribution in [0.25, 0.3) is 0 Å². The largest absolute Gasteiger partial charge is 0.416 e. The molecule has 1 fully saturated rings. The van der Waals surface area contributed by atoms with Crippen LogP contribution in [0.1, 0.15) is 28.3 Å². The molecule has 2 aromatic rings. The van der Waals surface area contributed by atoms with Crippen molar-refractivity contribution in [3.05, 3.63) is 70.8 Å². The summed E-state index contributed by atoms with van der Waals surface area (Å²) < 4.78 is 83.8. The lowest BCUT2D eigenvalue weighted by atomic mass is 10.0. The second-order valence-electron chi connectivity index (χ2n) is 7.14. The van der Waals surface area contributed by atoms with Crippen LogP contribution in [0.5, 0.6) is 0 Å². The molecule has 0 radical (unpaired) electrons. The third kappa shape index (κ3) is 5.96. The van der Waals surface area contributed by atoms with Gasteiger partial charge >= 0.3 is 12.4 Å². The second-order valence-corrected chi connectivity index (χ2v) is 7.14. The summed E-state index contributed by atoms with van der Waals surface area (Å²) in [6.07, 6.45) is -9.74. The van der Waals surface area contributed by atoms with Crippen LogP contribution in [-0.4, -0.2) is 37.7 Å². The van der Waals surface area contributed by atoms with Crippen molar-refractivity contribution in [3.8, 4) is 0 Å². The fraction of sp³-hybridized carbons (Fsp3) is 0.429. The Morgan fingerprint density at radius 2 is 1.43 bits per heavy atom. The van der Waals surface area contributed by atoms with Gasteiger partial charge in [0, 0.05) is 26.2 Å². The zero-order valence-electron chi connectivity index (χ0n) is 16.1. The van der Waals surface area contributed by atoms with E-state index < -0.39 is 23.5 Å². The van der Waals surface area contributed by atoms with Crippen LogP contribution in [0, 0.1) is 0 Å². The average molecular weight is 432 g/mol. The fourth-order valence-electron chi connectivity index (χ4n) is 3.47. The molecular formula is C21H22F6N2O. The number of halogens is 6. The SMILES string of the molecule is FC(F)(F)c1cc(COCC(c2ccccc2)N2CCNCC2)cc(C(F)(F)F)c1. The number of nitrogens with one attached hydrogen (secondary N) is 1. The van der Waals surface area contributed by atoms with E-state index in [0.717, 1.165) is 31.7 Å². The van der Waals surface area contributed by atoms with Gasteiger partial charge in [-0.1, -0.05) is 30.3 Å². The van der Waals surface area contributed by atoms with E-state index in [2.05, 4.69) is 10.2 Å². The predicted molar refractivity (Wildman–Crippen MR) is 99.7 cm³/mol. The van der Waals surface area contributed by atoms with Gasteiger partial charge in [0.1, 0.15) is 0 Å². The molecule has 2 aromatic carbocycles. The van der Waals surface area contributed by atoms with E-state index >= 15 is 0 Å². The summed E-state index contributed by atoms with van der Waals surface area (Å²) in [7, 11) is 0. The quantitative estimate of drug-likeness (QED) is 0.658. The maximum atomic E-state index is 13.0. The molecule has 0 amide bonds. The summed E-state index contributed by atoms with van der Waals surface area (Å²) in [5.74, 6) is 0. The van der Waals surface area contributed by atoms with Gasteiger partial charge in [0.2, 0.25) is 0 Å². The topological polar surface area (TPSA) is 24.5 Å². The molecular weight excluding hydrogens is 410 g/mol. The van der Waals surface area contributed by atoms with E-state index in [1.54, 1.807) is 0 Å². The van der Waals surface area contributed by atoms with Gasteiger partial charge in [-0.25, -0.2) is 0 Å². The summed E-state index contributed by atoms with van der Waals surface area (Å²) in [5, 5.41) is 3.25. The third-order valence-corrected chi connectivity index (χ3v) is 4.97. The molecule has 164 valence electrons. The van der Waals surface area contributed by atoms with Gasteiger partial charge in [-0.15, -0.1) is 0 Å². The molecule has 1 saturated heterocycles. The molecule has 3 nitrogen and oxygen atoms in total. The van der Waals surface area contributed by atoms with E-state index in [-0.39, 0.29) is 30.9 Å². The maximum Gasteiger partial charge on any atom is 0.416 e. The Kier molecular flexibility index (Phi) is 7.05. The van der Waals surface area contributed by atoms with Gasteiger partial charge in [0.25, 0.3) is 0 Å². The minimum absolute atomic E-state index is 0.122. The number of hydrogen-bond donors (Lipinski definition) is 1. The lowest BCUT2D eigenvalue weighted by Crippen LogP contribution is -2.46. The molecule has 1 aliphatic rings. The van der Waals surface area contributed by atoms with Gasteiger partial charge in [0.15, 0.2) is 0 Å². The van der Waals surface area contributed by atoms with E-state index in [1.807, 2.05) is 30.3 Å². The standard InChI is InChI=1S/C21H22F6N2O/c22-20(23,24)17-10-15(11-18(12-17)21(25,26)27)13-30-14-19(16-4-2-1-3-5-16)29-8-6-28-7-9-29/h1-5,10-12,19,28H,6-9,13-14H2. The Hall–Kier alpha value is -2.10. The van der Waals surface area contributed by atoms with Crippen LogP contribution < -0.4 is 5.32 Å². The molecule has 0 aliphatic carbocycles. The highest BCUT2D eigenvalue weighted by Crippen LogP contribution is 2.36. The molecule has 1 heterocycles. The highest BCUT2D eigenvalue weighted by Gasteiger charge is 2.37. The first-order valence-corrected chi connectivity index (χ1v) is 9.50. The van der Waals surface area contributed by atoms with Crippen molar-refractivity contribution >= 4 is 0 Å². The number of nitrogens with zero attached hydrogens (tertiary/aromatic N) is 1. The van der Waals surface area contributed by atoms with Crippen molar-refractivity contribution in [2.75, 3.05) is 32.8 Å². The molecule has 30 heavy (non-hydrogen) atoms. The molecule has 1 atom stereocenters. The lowest BCUT2D eigenvalue weighted by molar-refractivity contribution is -0.143. The minimum atomic E-state index is -4.87. The number of hydrogen-bond acceptors (Lipinski definition) is 3. The van der Waals surface area contributed by atoms with E-state index in [4.69, 9.17) is 4.74 Å². The maximum absolute atomic E-state index is 13.0. The average Bonchev–Trinajstić information content (AvgIpc) is 2.71. The van der Waals surface area contributed by atoms with Crippen LogP contribution in [-0.2, 0) is 23.7 Å². The highest BCUT2D eigenvalue weighted by molar-refractivity contribution is 5.33. The molecule has 1 N–H and O–H groups in total. The minimum Gasteiger partial charge on any atom is -0.375 e. The van der Waals surface area contributed by atoms with Crippen LogP contribution in [0.3, 0.4) is 0 Å². The molecule has 0 bridgehead atoms. The van der Waals surface area contributed by atoms with Crippen molar-refractivity contribution in [2.24, 2.45) is 0 Å². The molecule has 0 aromatic heterocycles. The number of piperazine rings is 1. The first-order valence-electron chi connectivity index (χ1n) is 9.50. The van der Waals surface area contributed by atoms with Crippen molar-refractivity contribution in [1.29, 1.82) is 0 Å².